The molecule has 0 aliphatic carbocycles. The number of aromatic nitrogens is 1. The molecular formula is C15H15F3N2O4. The van der Waals surface area contributed by atoms with Crippen LogP contribution in [0.2, 0.25) is 0 Å². The smallest absolute Gasteiger partial charge is 0.433 e. The standard InChI is InChI=1S/C15H15F3N2O4/c1-23-13(22)14-7-20(5-10(14)6-24-8-14)12(21)9-2-3-11(19-4-9)15(16,17)18/h2-4,10H,5-8H2,1H3/t10-,14-/m0/s1. The second-order valence-corrected chi connectivity index (χ2v) is 5.98. The molecule has 1 amide bonds. The molecule has 0 bridgehead atoms. The van der Waals surface area contributed by atoms with Crippen LogP contribution >= 0.6 is 0 Å². The molecule has 1 aromatic rings. The minimum absolute atomic E-state index is 0.0453. The molecule has 2 atom stereocenters. The van der Waals surface area contributed by atoms with E-state index >= 15 is 0 Å². The van der Waals surface area contributed by atoms with Gasteiger partial charge in [-0.2, -0.15) is 13.2 Å². The molecule has 2 saturated heterocycles. The summed E-state index contributed by atoms with van der Waals surface area (Å²) < 4.78 is 47.8. The van der Waals surface area contributed by atoms with Crippen molar-refractivity contribution in [1.29, 1.82) is 0 Å². The van der Waals surface area contributed by atoms with Crippen molar-refractivity contribution in [2.45, 2.75) is 6.18 Å². The summed E-state index contributed by atoms with van der Waals surface area (Å²) in [7, 11) is 1.27. The van der Waals surface area contributed by atoms with Crippen molar-refractivity contribution < 1.29 is 32.2 Å². The van der Waals surface area contributed by atoms with E-state index in [2.05, 4.69) is 4.98 Å². The van der Waals surface area contributed by atoms with Crippen molar-refractivity contribution in [3.05, 3.63) is 29.6 Å². The number of halogens is 3. The fourth-order valence-electron chi connectivity index (χ4n) is 3.25. The van der Waals surface area contributed by atoms with Gasteiger partial charge in [-0.15, -0.1) is 0 Å². The Bertz CT molecular complexity index is 662. The van der Waals surface area contributed by atoms with Gasteiger partial charge in [0.1, 0.15) is 11.1 Å². The van der Waals surface area contributed by atoms with Gasteiger partial charge in [-0.3, -0.25) is 14.6 Å². The maximum atomic E-state index is 12.5. The maximum Gasteiger partial charge on any atom is 0.433 e. The predicted octanol–water partition coefficient (Wildman–Crippen LogP) is 1.36. The molecular weight excluding hydrogens is 329 g/mol. The highest BCUT2D eigenvalue weighted by molar-refractivity contribution is 5.95. The number of methoxy groups -OCH3 is 1. The highest BCUT2D eigenvalue weighted by atomic mass is 19.4. The number of rotatable bonds is 2. The Balaban J connectivity index is 1.78. The third-order valence-electron chi connectivity index (χ3n) is 4.55. The zero-order chi connectivity index (χ0) is 17.5. The van der Waals surface area contributed by atoms with Crippen LogP contribution in [0.1, 0.15) is 16.1 Å². The van der Waals surface area contributed by atoms with Crippen LogP contribution in [0.25, 0.3) is 0 Å². The lowest BCUT2D eigenvalue weighted by Crippen LogP contribution is -2.41. The van der Waals surface area contributed by atoms with Gasteiger partial charge in [0, 0.05) is 25.2 Å². The molecule has 0 radical (unpaired) electrons. The molecule has 0 N–H and O–H groups in total. The lowest BCUT2D eigenvalue weighted by molar-refractivity contribution is -0.153. The van der Waals surface area contributed by atoms with Crippen molar-refractivity contribution in [3.8, 4) is 0 Å². The first-order valence-corrected chi connectivity index (χ1v) is 7.26. The number of pyridine rings is 1. The van der Waals surface area contributed by atoms with E-state index in [1.165, 1.54) is 12.0 Å². The Kier molecular flexibility index (Phi) is 3.98. The van der Waals surface area contributed by atoms with Crippen LogP contribution in [0.5, 0.6) is 0 Å². The topological polar surface area (TPSA) is 68.7 Å². The number of esters is 1. The van der Waals surface area contributed by atoms with Gasteiger partial charge in [0.2, 0.25) is 0 Å². The number of hydrogen-bond donors (Lipinski definition) is 0. The second-order valence-electron chi connectivity index (χ2n) is 5.98. The van der Waals surface area contributed by atoms with E-state index in [1.54, 1.807) is 0 Å². The summed E-state index contributed by atoms with van der Waals surface area (Å²) in [5, 5.41) is 0. The van der Waals surface area contributed by atoms with Crippen molar-refractivity contribution in [2.75, 3.05) is 33.4 Å². The zero-order valence-electron chi connectivity index (χ0n) is 12.8. The number of amides is 1. The Morgan fingerprint density at radius 3 is 2.75 bits per heavy atom. The van der Waals surface area contributed by atoms with Crippen molar-refractivity contribution in [2.24, 2.45) is 11.3 Å². The van der Waals surface area contributed by atoms with Gasteiger partial charge >= 0.3 is 12.1 Å². The highest BCUT2D eigenvalue weighted by Gasteiger charge is 2.57. The Labute approximate surface area is 135 Å². The summed E-state index contributed by atoms with van der Waals surface area (Å²) in [5.74, 6) is -1.09. The van der Waals surface area contributed by atoms with Gasteiger partial charge in [0.05, 0.1) is 25.9 Å². The molecule has 2 aliphatic rings. The number of carbonyl (C=O) groups excluding carboxylic acids is 2. The van der Waals surface area contributed by atoms with Crippen LogP contribution in [-0.2, 0) is 20.4 Å². The van der Waals surface area contributed by atoms with Gasteiger partial charge in [-0.25, -0.2) is 0 Å². The molecule has 0 unspecified atom stereocenters. The summed E-state index contributed by atoms with van der Waals surface area (Å²) in [4.78, 5) is 29.3. The molecule has 3 heterocycles. The number of fused-ring (bicyclic) bond motifs is 1. The van der Waals surface area contributed by atoms with Crippen LogP contribution in [0.4, 0.5) is 13.2 Å². The molecule has 3 rings (SSSR count). The van der Waals surface area contributed by atoms with E-state index < -0.39 is 29.2 Å². The first kappa shape index (κ1) is 16.7. The molecule has 24 heavy (non-hydrogen) atoms. The average Bonchev–Trinajstić information content (AvgIpc) is 3.10. The summed E-state index contributed by atoms with van der Waals surface area (Å²) in [5.41, 5.74) is -1.91. The van der Waals surface area contributed by atoms with Gasteiger partial charge in [-0.1, -0.05) is 0 Å². The number of hydrogen-bond acceptors (Lipinski definition) is 5. The van der Waals surface area contributed by atoms with Gasteiger partial charge in [0.25, 0.3) is 5.91 Å². The Morgan fingerprint density at radius 1 is 1.42 bits per heavy atom. The lowest BCUT2D eigenvalue weighted by atomic mass is 9.81. The number of nitrogens with zero attached hydrogens (tertiary/aromatic N) is 2. The summed E-state index contributed by atoms with van der Waals surface area (Å²) in [6.45, 7) is 0.905. The van der Waals surface area contributed by atoms with Crippen LogP contribution in [0, 0.1) is 11.3 Å². The lowest BCUT2D eigenvalue weighted by Gasteiger charge is -2.23. The molecule has 1 aromatic heterocycles. The number of alkyl halides is 3. The SMILES string of the molecule is COC(=O)[C@@]12COC[C@@H]1CN(C(=O)c1ccc(C(F)(F)F)nc1)C2. The van der Waals surface area contributed by atoms with Gasteiger partial charge in [0.15, 0.2) is 0 Å². The predicted molar refractivity (Wildman–Crippen MR) is 73.9 cm³/mol. The van der Waals surface area contributed by atoms with Crippen molar-refractivity contribution >= 4 is 11.9 Å². The molecule has 2 aliphatic heterocycles. The normalized spacial score (nSPS) is 26.3. The van der Waals surface area contributed by atoms with E-state index in [0.29, 0.717) is 6.61 Å². The van der Waals surface area contributed by atoms with Gasteiger partial charge in [-0.05, 0) is 12.1 Å². The first-order valence-electron chi connectivity index (χ1n) is 7.26. The minimum Gasteiger partial charge on any atom is -0.468 e. The van der Waals surface area contributed by atoms with Crippen LogP contribution in [0.15, 0.2) is 18.3 Å². The first-order chi connectivity index (χ1) is 11.3. The average molecular weight is 344 g/mol. The summed E-state index contributed by atoms with van der Waals surface area (Å²) in [6.07, 6.45) is -3.65. The monoisotopic (exact) mass is 344 g/mol. The van der Waals surface area contributed by atoms with E-state index in [4.69, 9.17) is 9.47 Å². The Hall–Kier alpha value is -2.16. The number of ether oxygens (including phenoxy) is 2. The van der Waals surface area contributed by atoms with Gasteiger partial charge < -0.3 is 14.4 Å². The molecule has 0 aromatic carbocycles. The third kappa shape index (κ3) is 2.62. The molecule has 9 heteroatoms. The summed E-state index contributed by atoms with van der Waals surface area (Å²) in [6, 6.07) is 1.86. The number of likely N-dealkylation sites (tertiary alicyclic amines) is 1. The molecule has 130 valence electrons. The van der Waals surface area contributed by atoms with E-state index in [0.717, 1.165) is 18.3 Å². The number of carbonyl (C=O) groups is 2. The largest absolute Gasteiger partial charge is 0.468 e. The van der Waals surface area contributed by atoms with E-state index in [-0.39, 0.29) is 31.2 Å². The van der Waals surface area contributed by atoms with E-state index in [1.807, 2.05) is 0 Å². The minimum atomic E-state index is -4.56. The fraction of sp³-hybridized carbons (Fsp3) is 0.533. The summed E-state index contributed by atoms with van der Waals surface area (Å²) >= 11 is 0. The van der Waals surface area contributed by atoms with Crippen LogP contribution in [0.3, 0.4) is 0 Å². The second kappa shape index (κ2) is 5.73. The van der Waals surface area contributed by atoms with E-state index in [9.17, 15) is 22.8 Å². The molecule has 0 spiro atoms. The Morgan fingerprint density at radius 2 is 2.17 bits per heavy atom. The maximum absolute atomic E-state index is 12.5. The quantitative estimate of drug-likeness (QED) is 0.758. The zero-order valence-corrected chi connectivity index (χ0v) is 12.8. The molecule has 0 saturated carbocycles. The highest BCUT2D eigenvalue weighted by Crippen LogP contribution is 2.42. The van der Waals surface area contributed by atoms with Crippen molar-refractivity contribution in [1.82, 2.24) is 9.88 Å². The molecule has 2 fully saturated rings. The van der Waals surface area contributed by atoms with Crippen LogP contribution in [-0.4, -0.2) is 55.2 Å². The fourth-order valence-corrected chi connectivity index (χ4v) is 3.25. The third-order valence-corrected chi connectivity index (χ3v) is 4.55. The molecule has 6 nitrogen and oxygen atoms in total. The van der Waals surface area contributed by atoms with Crippen LogP contribution < -0.4 is 0 Å². The van der Waals surface area contributed by atoms with Crippen molar-refractivity contribution in [3.63, 3.8) is 0 Å².